The molecule has 0 saturated carbocycles. The second kappa shape index (κ2) is 25.6. The van der Waals surface area contributed by atoms with E-state index >= 15 is 0 Å². The van der Waals surface area contributed by atoms with Crippen molar-refractivity contribution in [3.05, 3.63) is 291 Å². The molecule has 0 N–H and O–H groups in total. The number of pyridine rings is 2. The molecule has 0 amide bonds. The molecule has 0 aliphatic carbocycles. The molecule has 0 saturated heterocycles. The van der Waals surface area contributed by atoms with Crippen molar-refractivity contribution in [1.29, 1.82) is 0 Å². The highest BCUT2D eigenvalue weighted by Crippen LogP contribution is 2.45. The molecule has 0 aliphatic heterocycles. The summed E-state index contributed by atoms with van der Waals surface area (Å²) in [6.45, 7) is 1.12. The van der Waals surface area contributed by atoms with Crippen molar-refractivity contribution in [1.82, 2.24) is 9.97 Å². The predicted molar refractivity (Wildman–Crippen MR) is 295 cm³/mol. The van der Waals surface area contributed by atoms with Crippen molar-refractivity contribution in [3.8, 4) is 89.0 Å². The highest BCUT2D eigenvalue weighted by Gasteiger charge is 2.22. The van der Waals surface area contributed by atoms with Gasteiger partial charge in [0.25, 0.3) is 0 Å². The van der Waals surface area contributed by atoms with Gasteiger partial charge in [0.15, 0.2) is 37.9 Å². The third kappa shape index (κ3) is 14.6. The molecule has 0 bridgehead atoms. The van der Waals surface area contributed by atoms with Crippen molar-refractivity contribution in [2.45, 2.75) is 13.1 Å². The summed E-state index contributed by atoms with van der Waals surface area (Å²) in [7, 11) is -9.89. The van der Waals surface area contributed by atoms with Crippen LogP contribution < -0.4 is 46.4 Å². The predicted octanol–water partition coefficient (Wildman–Crippen LogP) is 6.13. The van der Waals surface area contributed by atoms with Crippen LogP contribution in [0.15, 0.2) is 280 Å². The molecule has 404 valence electrons. The zero-order valence-corrected chi connectivity index (χ0v) is 45.3. The Morgan fingerprint density at radius 3 is 0.720 bits per heavy atom. The summed E-state index contributed by atoms with van der Waals surface area (Å²) >= 11 is 0. The summed E-state index contributed by atoms with van der Waals surface area (Å²) in [6, 6.07) is 90.9. The van der Waals surface area contributed by atoms with Gasteiger partial charge in [0.2, 0.25) is 0 Å². The number of para-hydroxylation sites is 2. The third-order valence-electron chi connectivity index (χ3n) is 13.6. The van der Waals surface area contributed by atoms with Gasteiger partial charge < -0.3 is 0 Å². The van der Waals surface area contributed by atoms with Crippen LogP contribution in [0.3, 0.4) is 0 Å². The fourth-order valence-corrected chi connectivity index (χ4v) is 10.0. The number of hydrogen-bond donors (Lipinski definition) is 0. The number of hydrogen-bond acceptors (Lipinski definition) is 10. The molecule has 12 aromatic rings. The number of rotatable bonds is 12. The maximum atomic E-state index is 8.49. The standard InChI is InChI=1S/C68H50N4.2ClHO4/c1-7-21-49(22-8-1)57-43-59(51-25-11-3-12-26-51)67(60(44-57)52-27-13-4-14-28-52)55-35-39-71(40-36-55)47-65-66(70-64-34-20-19-33-63(64)69-65)48-72-41-37-56(38-42-72)68-61(53-29-15-5-16-30-53)45-58(50-23-9-2-10-24-50)46-62(68)54-31-17-6-18-32-54;2*2-1(3,4)5/h1-46H,47-48H2;2*(H,2,3,4,5)/q+2;;/p-2. The summed E-state index contributed by atoms with van der Waals surface area (Å²) in [5, 5.41) is 0. The van der Waals surface area contributed by atoms with Crippen LogP contribution >= 0.6 is 0 Å². The molecule has 82 heavy (non-hydrogen) atoms. The zero-order valence-electron chi connectivity index (χ0n) is 43.8. The average Bonchev–Trinajstić information content (AvgIpc) is 2.84. The first-order valence-electron chi connectivity index (χ1n) is 25.8. The largest absolute Gasteiger partial charge is 0.242 e. The van der Waals surface area contributed by atoms with Crippen LogP contribution in [-0.2, 0) is 13.1 Å². The van der Waals surface area contributed by atoms with E-state index in [1.54, 1.807) is 0 Å². The summed E-state index contributed by atoms with van der Waals surface area (Å²) in [6.07, 6.45) is 8.74. The Morgan fingerprint density at radius 1 is 0.256 bits per heavy atom. The first-order chi connectivity index (χ1) is 39.7. The molecule has 0 fully saturated rings. The van der Waals surface area contributed by atoms with E-state index in [2.05, 4.69) is 277 Å². The summed E-state index contributed by atoms with van der Waals surface area (Å²) < 4.78 is 72.4. The van der Waals surface area contributed by atoms with Crippen LogP contribution in [0.5, 0.6) is 0 Å². The van der Waals surface area contributed by atoms with Crippen LogP contribution in [0, 0.1) is 20.5 Å². The minimum atomic E-state index is -4.94. The van der Waals surface area contributed by atoms with Crippen molar-refractivity contribution in [2.24, 2.45) is 0 Å². The molecule has 0 spiro atoms. The van der Waals surface area contributed by atoms with Gasteiger partial charge in [-0.3, -0.25) is 0 Å². The molecule has 14 heteroatoms. The van der Waals surface area contributed by atoms with Crippen LogP contribution in [-0.4, -0.2) is 9.97 Å². The fraction of sp³-hybridized carbons (Fsp3) is 0.0294. The first-order valence-corrected chi connectivity index (χ1v) is 28.3. The molecular weight excluding hydrogens is 1070 g/mol. The normalized spacial score (nSPS) is 11.3. The van der Waals surface area contributed by atoms with Crippen molar-refractivity contribution in [2.75, 3.05) is 0 Å². The quantitative estimate of drug-likeness (QED) is 0.128. The topological polar surface area (TPSA) is 218 Å². The van der Waals surface area contributed by atoms with Gasteiger partial charge in [0.05, 0.1) is 11.0 Å². The lowest BCUT2D eigenvalue weighted by atomic mass is 9.85. The lowest BCUT2D eigenvalue weighted by molar-refractivity contribution is -2.00. The molecule has 0 unspecified atom stereocenters. The molecule has 3 heterocycles. The van der Waals surface area contributed by atoms with Gasteiger partial charge in [-0.25, -0.2) is 47.2 Å². The Morgan fingerprint density at radius 2 is 0.476 bits per heavy atom. The number of fused-ring (bicyclic) bond motifs is 1. The van der Waals surface area contributed by atoms with Crippen molar-refractivity contribution < 1.29 is 66.9 Å². The smallest absolute Gasteiger partial charge is 0.192 e. The summed E-state index contributed by atoms with van der Waals surface area (Å²) in [5.74, 6) is 0. The van der Waals surface area contributed by atoms with E-state index in [1.807, 2.05) is 12.1 Å². The van der Waals surface area contributed by atoms with E-state index in [0.29, 0.717) is 13.1 Å². The van der Waals surface area contributed by atoms with Crippen LogP contribution in [0.2, 0.25) is 0 Å². The minimum absolute atomic E-state index is 0.560. The van der Waals surface area contributed by atoms with Crippen LogP contribution in [0.1, 0.15) is 11.4 Å². The SMILES string of the molecule is [O-][Cl+3]([O-])([O-])[O-].[O-][Cl+3]([O-])([O-])[O-].c1ccc(-c2cc(-c3ccccc3)c(-c3cc[n+](Cc4nc5ccccc5nc4C[n+]4ccc(-c5c(-c6ccccc6)cc(-c6ccccc6)cc5-c5ccccc5)cc4)cc3)c(-c3ccccc3)c2)cc1. The highest BCUT2D eigenvalue weighted by molar-refractivity contribution is 5.99. The second-order valence-electron chi connectivity index (χ2n) is 19.0. The minimum Gasteiger partial charge on any atom is -0.242 e. The van der Waals surface area contributed by atoms with Gasteiger partial charge in [0, 0.05) is 24.3 Å². The molecule has 12 rings (SSSR count). The van der Waals surface area contributed by atoms with Crippen LogP contribution in [0.4, 0.5) is 0 Å². The van der Waals surface area contributed by atoms with E-state index in [-0.39, 0.29) is 0 Å². The van der Waals surface area contributed by atoms with Gasteiger partial charge in [-0.2, -0.15) is 9.13 Å². The summed E-state index contributed by atoms with van der Waals surface area (Å²) in [4.78, 5) is 10.6. The maximum absolute atomic E-state index is 8.49. The molecule has 12 nitrogen and oxygen atoms in total. The van der Waals surface area contributed by atoms with E-state index in [4.69, 9.17) is 47.2 Å². The maximum Gasteiger partial charge on any atom is 0.192 e. The summed E-state index contributed by atoms with van der Waals surface area (Å²) in [5.41, 5.74) is 22.5. The molecule has 0 radical (unpaired) electrons. The van der Waals surface area contributed by atoms with E-state index in [1.165, 1.54) is 77.9 Å². The zero-order chi connectivity index (χ0) is 57.1. The highest BCUT2D eigenvalue weighted by atomic mass is 35.7. The first kappa shape index (κ1) is 56.2. The Bertz CT molecular complexity index is 3650. The third-order valence-corrected chi connectivity index (χ3v) is 13.6. The molecular formula is C68H50Cl2N4O8. The monoisotopic (exact) mass is 1120 g/mol. The van der Waals surface area contributed by atoms with Gasteiger partial charge >= 0.3 is 0 Å². The van der Waals surface area contributed by atoms with Crippen molar-refractivity contribution >= 4 is 11.0 Å². The van der Waals surface area contributed by atoms with E-state index in [9.17, 15) is 0 Å². The second-order valence-corrected chi connectivity index (χ2v) is 20.5. The Hall–Kier alpha value is -9.12. The molecule has 0 atom stereocenters. The van der Waals surface area contributed by atoms with Gasteiger partial charge in [-0.1, -0.05) is 194 Å². The fourth-order valence-electron chi connectivity index (χ4n) is 10.0. The number of aromatic nitrogens is 4. The Balaban J connectivity index is 0.000000695. The molecule has 9 aromatic carbocycles. The molecule has 0 aliphatic rings. The van der Waals surface area contributed by atoms with Crippen LogP contribution in [0.25, 0.3) is 100 Å². The lowest BCUT2D eigenvalue weighted by Gasteiger charge is -2.19. The van der Waals surface area contributed by atoms with E-state index < -0.39 is 20.5 Å². The average molecular weight is 1120 g/mol. The number of benzene rings is 9. The lowest BCUT2D eigenvalue weighted by Crippen LogP contribution is -2.68. The Labute approximate surface area is 478 Å². The number of nitrogens with zero attached hydrogens (tertiary/aromatic N) is 4. The van der Waals surface area contributed by atoms with Crippen molar-refractivity contribution in [3.63, 3.8) is 0 Å². The van der Waals surface area contributed by atoms with Gasteiger partial charge in [0.1, 0.15) is 11.4 Å². The number of halogens is 2. The molecule has 3 aromatic heterocycles. The van der Waals surface area contributed by atoms with E-state index in [0.717, 1.165) is 33.5 Å². The Kier molecular flexibility index (Phi) is 17.5. The van der Waals surface area contributed by atoms with Gasteiger partial charge in [-0.15, -0.1) is 20.5 Å². The van der Waals surface area contributed by atoms with Gasteiger partial charge in [-0.05, 0) is 125 Å².